The number of anilines is 1. The molecule has 2 rings (SSSR count). The number of aryl methyl sites for hydroxylation is 1. The van der Waals surface area contributed by atoms with Crippen LogP contribution in [0.4, 0.5) is 5.69 Å². The summed E-state index contributed by atoms with van der Waals surface area (Å²) in [4.78, 5) is 2.41. The predicted molar refractivity (Wildman–Crippen MR) is 77.5 cm³/mol. The van der Waals surface area contributed by atoms with Crippen molar-refractivity contribution in [1.29, 1.82) is 0 Å². The van der Waals surface area contributed by atoms with Crippen molar-refractivity contribution >= 4 is 21.6 Å². The second-order valence-corrected chi connectivity index (χ2v) is 6.64. The second kappa shape index (κ2) is 4.62. The molecule has 1 aliphatic heterocycles. The third kappa shape index (κ3) is 2.66. The van der Waals surface area contributed by atoms with Crippen LogP contribution in [0.1, 0.15) is 25.8 Å². The van der Waals surface area contributed by atoms with Gasteiger partial charge in [0.05, 0.1) is 0 Å². The van der Waals surface area contributed by atoms with Gasteiger partial charge in [0.15, 0.2) is 0 Å². The first-order chi connectivity index (χ1) is 7.90. The first kappa shape index (κ1) is 12.9. The molecule has 3 heteroatoms. The highest BCUT2D eigenvalue weighted by Crippen LogP contribution is 2.33. The van der Waals surface area contributed by atoms with E-state index in [9.17, 15) is 0 Å². The van der Waals surface area contributed by atoms with E-state index in [2.05, 4.69) is 59.8 Å². The average Bonchev–Trinajstić information content (AvgIpc) is 2.23. The topological polar surface area (TPSA) is 29.3 Å². The van der Waals surface area contributed by atoms with Crippen LogP contribution in [-0.2, 0) is 0 Å². The Morgan fingerprint density at radius 1 is 1.41 bits per heavy atom. The minimum absolute atomic E-state index is 0.249. The van der Waals surface area contributed by atoms with Gasteiger partial charge in [-0.25, -0.2) is 0 Å². The molecule has 0 aromatic heterocycles. The third-order valence-electron chi connectivity index (χ3n) is 3.95. The van der Waals surface area contributed by atoms with Crippen LogP contribution in [0.15, 0.2) is 22.7 Å². The van der Waals surface area contributed by atoms with Crippen LogP contribution in [0.25, 0.3) is 0 Å². The predicted octanol–water partition coefficient (Wildman–Crippen LogP) is 3.32. The number of nitrogens with two attached hydrogens (primary N) is 1. The molecule has 2 nitrogen and oxygen atoms in total. The summed E-state index contributed by atoms with van der Waals surface area (Å²) in [5, 5.41) is 0. The van der Waals surface area contributed by atoms with E-state index in [-0.39, 0.29) is 11.5 Å². The molecule has 1 saturated heterocycles. The summed E-state index contributed by atoms with van der Waals surface area (Å²) < 4.78 is 1.14. The molecule has 2 N–H and O–H groups in total. The second-order valence-electron chi connectivity index (χ2n) is 5.72. The highest BCUT2D eigenvalue weighted by atomic mass is 79.9. The Kier molecular flexibility index (Phi) is 3.50. The van der Waals surface area contributed by atoms with Gasteiger partial charge in [-0.15, -0.1) is 0 Å². The highest BCUT2D eigenvalue weighted by molar-refractivity contribution is 9.10. The quantitative estimate of drug-likeness (QED) is 0.861. The zero-order valence-electron chi connectivity index (χ0n) is 10.8. The van der Waals surface area contributed by atoms with Crippen LogP contribution in [-0.4, -0.2) is 19.1 Å². The van der Waals surface area contributed by atoms with Crippen molar-refractivity contribution in [3.05, 3.63) is 28.2 Å². The van der Waals surface area contributed by atoms with E-state index in [1.165, 1.54) is 11.3 Å². The number of piperidine rings is 1. The molecular weight excluding hydrogens is 276 g/mol. The molecule has 1 aromatic carbocycles. The van der Waals surface area contributed by atoms with Gasteiger partial charge in [0, 0.05) is 29.3 Å². The van der Waals surface area contributed by atoms with Crippen LogP contribution in [0.2, 0.25) is 0 Å². The van der Waals surface area contributed by atoms with Crippen LogP contribution >= 0.6 is 15.9 Å². The van der Waals surface area contributed by atoms with Gasteiger partial charge in [-0.05, 0) is 42.5 Å². The molecule has 1 heterocycles. The fourth-order valence-electron chi connectivity index (χ4n) is 2.38. The van der Waals surface area contributed by atoms with Crippen molar-refractivity contribution in [2.75, 3.05) is 18.0 Å². The first-order valence-electron chi connectivity index (χ1n) is 6.17. The Labute approximate surface area is 112 Å². The van der Waals surface area contributed by atoms with Crippen molar-refractivity contribution in [1.82, 2.24) is 0 Å². The molecule has 1 unspecified atom stereocenters. The lowest BCUT2D eigenvalue weighted by Gasteiger charge is -2.43. The maximum Gasteiger partial charge on any atom is 0.0397 e. The molecule has 0 radical (unpaired) electrons. The van der Waals surface area contributed by atoms with Gasteiger partial charge in [-0.3, -0.25) is 0 Å². The number of nitrogens with zero attached hydrogens (tertiary/aromatic N) is 1. The van der Waals surface area contributed by atoms with Gasteiger partial charge in [-0.2, -0.15) is 0 Å². The summed E-state index contributed by atoms with van der Waals surface area (Å²) in [5.74, 6) is 0. The summed E-state index contributed by atoms with van der Waals surface area (Å²) in [6.45, 7) is 8.75. The molecule has 17 heavy (non-hydrogen) atoms. The van der Waals surface area contributed by atoms with Crippen LogP contribution < -0.4 is 10.6 Å². The average molecular weight is 297 g/mol. The summed E-state index contributed by atoms with van der Waals surface area (Å²) >= 11 is 3.51. The number of halogens is 1. The minimum atomic E-state index is 0.249. The normalized spacial score (nSPS) is 23.8. The number of hydrogen-bond acceptors (Lipinski definition) is 2. The van der Waals surface area contributed by atoms with Gasteiger partial charge < -0.3 is 10.6 Å². The monoisotopic (exact) mass is 296 g/mol. The maximum atomic E-state index is 6.27. The molecular formula is C14H21BrN2. The van der Waals surface area contributed by atoms with Gasteiger partial charge >= 0.3 is 0 Å². The van der Waals surface area contributed by atoms with E-state index in [4.69, 9.17) is 5.73 Å². The zero-order valence-corrected chi connectivity index (χ0v) is 12.4. The summed E-state index contributed by atoms with van der Waals surface area (Å²) in [6.07, 6.45) is 1.16. The zero-order chi connectivity index (χ0) is 12.6. The Hall–Kier alpha value is -0.540. The molecule has 1 aliphatic rings. The van der Waals surface area contributed by atoms with Crippen LogP contribution in [0.5, 0.6) is 0 Å². The van der Waals surface area contributed by atoms with E-state index in [0.29, 0.717) is 0 Å². The minimum Gasteiger partial charge on any atom is -0.370 e. The Bertz CT molecular complexity index is 415. The SMILES string of the molecule is Cc1cc(Br)ccc1N1CCC(C)(C)C(N)C1. The van der Waals surface area contributed by atoms with Crippen molar-refractivity contribution < 1.29 is 0 Å². The molecule has 0 amide bonds. The molecule has 94 valence electrons. The van der Waals surface area contributed by atoms with Crippen molar-refractivity contribution in [3.8, 4) is 0 Å². The third-order valence-corrected chi connectivity index (χ3v) is 4.44. The Morgan fingerprint density at radius 3 is 2.71 bits per heavy atom. The Morgan fingerprint density at radius 2 is 2.12 bits per heavy atom. The Balaban J connectivity index is 2.19. The molecule has 0 spiro atoms. The van der Waals surface area contributed by atoms with Gasteiger partial charge in [0.25, 0.3) is 0 Å². The molecule has 0 saturated carbocycles. The van der Waals surface area contributed by atoms with E-state index in [1.807, 2.05) is 0 Å². The van der Waals surface area contributed by atoms with Crippen molar-refractivity contribution in [3.63, 3.8) is 0 Å². The van der Waals surface area contributed by atoms with Crippen LogP contribution in [0, 0.1) is 12.3 Å². The van der Waals surface area contributed by atoms with Gasteiger partial charge in [-0.1, -0.05) is 29.8 Å². The summed E-state index contributed by atoms with van der Waals surface area (Å²) in [6, 6.07) is 6.71. The van der Waals surface area contributed by atoms with Crippen molar-refractivity contribution in [2.45, 2.75) is 33.2 Å². The van der Waals surface area contributed by atoms with E-state index in [1.54, 1.807) is 0 Å². The lowest BCUT2D eigenvalue weighted by molar-refractivity contribution is 0.235. The van der Waals surface area contributed by atoms with Crippen molar-refractivity contribution in [2.24, 2.45) is 11.1 Å². The number of benzene rings is 1. The lowest BCUT2D eigenvalue weighted by atomic mass is 9.78. The fraction of sp³-hybridized carbons (Fsp3) is 0.571. The number of rotatable bonds is 1. The highest BCUT2D eigenvalue weighted by Gasteiger charge is 2.33. The van der Waals surface area contributed by atoms with Gasteiger partial charge in [0.1, 0.15) is 0 Å². The molecule has 0 bridgehead atoms. The maximum absolute atomic E-state index is 6.27. The largest absolute Gasteiger partial charge is 0.370 e. The smallest absolute Gasteiger partial charge is 0.0397 e. The first-order valence-corrected chi connectivity index (χ1v) is 6.96. The lowest BCUT2D eigenvalue weighted by Crippen LogP contribution is -2.53. The standard InChI is InChI=1S/C14H21BrN2/c1-10-8-11(15)4-5-12(10)17-7-6-14(2,3)13(16)9-17/h4-5,8,13H,6-7,9,16H2,1-3H3. The fourth-order valence-corrected chi connectivity index (χ4v) is 2.85. The molecule has 1 aromatic rings. The van der Waals surface area contributed by atoms with Crippen LogP contribution in [0.3, 0.4) is 0 Å². The van der Waals surface area contributed by atoms with E-state index >= 15 is 0 Å². The molecule has 0 aliphatic carbocycles. The van der Waals surface area contributed by atoms with Gasteiger partial charge in [0.2, 0.25) is 0 Å². The van der Waals surface area contributed by atoms with E-state index < -0.39 is 0 Å². The van der Waals surface area contributed by atoms with E-state index in [0.717, 1.165) is 24.0 Å². The summed E-state index contributed by atoms with van der Waals surface area (Å²) in [7, 11) is 0. The molecule has 1 atom stereocenters. The molecule has 1 fully saturated rings. The number of hydrogen-bond donors (Lipinski definition) is 1. The summed E-state index contributed by atoms with van der Waals surface area (Å²) in [5.41, 5.74) is 9.16.